The van der Waals surface area contributed by atoms with Gasteiger partial charge in [-0.25, -0.2) is 0 Å². The van der Waals surface area contributed by atoms with Gasteiger partial charge in [0.15, 0.2) is 0 Å². The summed E-state index contributed by atoms with van der Waals surface area (Å²) in [6.45, 7) is 4.05. The third-order valence-corrected chi connectivity index (χ3v) is 4.71. The van der Waals surface area contributed by atoms with Crippen LogP contribution in [-0.2, 0) is 0 Å². The van der Waals surface area contributed by atoms with E-state index in [2.05, 4.69) is 15.2 Å². The molecule has 1 aromatic carbocycles. The lowest BCUT2D eigenvalue weighted by molar-refractivity contribution is 0.0939. The summed E-state index contributed by atoms with van der Waals surface area (Å²) in [6, 6.07) is 10.8. The zero-order valence-corrected chi connectivity index (χ0v) is 12.9. The van der Waals surface area contributed by atoms with E-state index in [1.54, 1.807) is 0 Å². The highest BCUT2D eigenvalue weighted by molar-refractivity contribution is 6.06. The van der Waals surface area contributed by atoms with Crippen LogP contribution in [0.5, 0.6) is 0 Å². The third kappa shape index (κ3) is 2.59. The number of nitrogens with zero attached hydrogens (tertiary/aromatic N) is 2. The predicted molar refractivity (Wildman–Crippen MR) is 86.9 cm³/mol. The van der Waals surface area contributed by atoms with Crippen LogP contribution in [0.2, 0.25) is 0 Å². The van der Waals surface area contributed by atoms with Gasteiger partial charge in [0.1, 0.15) is 0 Å². The highest BCUT2D eigenvalue weighted by Gasteiger charge is 2.34. The van der Waals surface area contributed by atoms with Crippen LogP contribution in [0.4, 0.5) is 0 Å². The number of amides is 1. The molecule has 2 aromatic rings. The van der Waals surface area contributed by atoms with Crippen molar-refractivity contribution in [3.63, 3.8) is 0 Å². The molecule has 1 atom stereocenters. The summed E-state index contributed by atoms with van der Waals surface area (Å²) in [7, 11) is 0. The highest BCUT2D eigenvalue weighted by atomic mass is 16.1. The second kappa shape index (κ2) is 5.36. The van der Waals surface area contributed by atoms with Crippen LogP contribution in [0.1, 0.15) is 35.3 Å². The van der Waals surface area contributed by atoms with Crippen molar-refractivity contribution in [1.82, 2.24) is 15.2 Å². The Morgan fingerprint density at radius 2 is 2.09 bits per heavy atom. The standard InChI is InChI=1S/C18H21N3O/c1-12-10-16(15-4-2-3-5-17(15)19-12)18(22)20-13-8-9-21(11-13)14-6-7-14/h2-5,10,13-14H,6-9,11H2,1H3,(H,20,22)/t13-/m1/s1. The molecular formula is C18H21N3O. The molecule has 22 heavy (non-hydrogen) atoms. The number of para-hydroxylation sites is 1. The van der Waals surface area contributed by atoms with E-state index in [4.69, 9.17) is 0 Å². The van der Waals surface area contributed by atoms with E-state index in [1.165, 1.54) is 12.8 Å². The smallest absolute Gasteiger partial charge is 0.252 e. The number of aromatic nitrogens is 1. The Morgan fingerprint density at radius 1 is 1.27 bits per heavy atom. The molecule has 1 aliphatic heterocycles. The summed E-state index contributed by atoms with van der Waals surface area (Å²) in [5.74, 6) is 0.0318. The number of benzene rings is 1. The maximum atomic E-state index is 12.7. The molecule has 1 aromatic heterocycles. The zero-order chi connectivity index (χ0) is 15.1. The molecule has 4 nitrogen and oxygen atoms in total. The van der Waals surface area contributed by atoms with Crippen LogP contribution in [0.15, 0.2) is 30.3 Å². The molecule has 0 spiro atoms. The van der Waals surface area contributed by atoms with Gasteiger partial charge in [0, 0.05) is 36.3 Å². The Bertz CT molecular complexity index is 723. The fraction of sp³-hybridized carbons (Fsp3) is 0.444. The first-order valence-electron chi connectivity index (χ1n) is 8.12. The molecule has 1 aliphatic carbocycles. The van der Waals surface area contributed by atoms with Gasteiger partial charge in [-0.15, -0.1) is 0 Å². The van der Waals surface area contributed by atoms with Crippen molar-refractivity contribution in [3.05, 3.63) is 41.6 Å². The van der Waals surface area contributed by atoms with Crippen molar-refractivity contribution < 1.29 is 4.79 Å². The molecule has 1 saturated carbocycles. The number of fused-ring (bicyclic) bond motifs is 1. The van der Waals surface area contributed by atoms with Gasteiger partial charge in [0.25, 0.3) is 5.91 Å². The number of aryl methyl sites for hydroxylation is 1. The second-order valence-electron chi connectivity index (χ2n) is 6.51. The quantitative estimate of drug-likeness (QED) is 0.946. The van der Waals surface area contributed by atoms with Crippen LogP contribution in [0, 0.1) is 6.92 Å². The lowest BCUT2D eigenvalue weighted by Gasteiger charge is -2.16. The number of rotatable bonds is 3. The van der Waals surface area contributed by atoms with Crippen molar-refractivity contribution >= 4 is 16.8 Å². The van der Waals surface area contributed by atoms with Crippen LogP contribution in [-0.4, -0.2) is 41.0 Å². The van der Waals surface area contributed by atoms with E-state index in [1.807, 2.05) is 37.3 Å². The number of pyridine rings is 1. The van der Waals surface area contributed by atoms with Crippen LogP contribution in [0.25, 0.3) is 10.9 Å². The lowest BCUT2D eigenvalue weighted by Crippen LogP contribution is -2.37. The lowest BCUT2D eigenvalue weighted by atomic mass is 10.1. The fourth-order valence-corrected chi connectivity index (χ4v) is 3.44. The third-order valence-electron chi connectivity index (χ3n) is 4.71. The van der Waals surface area contributed by atoms with E-state index in [0.717, 1.165) is 47.7 Å². The van der Waals surface area contributed by atoms with Crippen LogP contribution < -0.4 is 5.32 Å². The van der Waals surface area contributed by atoms with Crippen LogP contribution >= 0.6 is 0 Å². The average Bonchev–Trinajstić information content (AvgIpc) is 3.26. The summed E-state index contributed by atoms with van der Waals surface area (Å²) in [6.07, 6.45) is 3.72. The maximum absolute atomic E-state index is 12.7. The van der Waals surface area contributed by atoms with Crippen molar-refractivity contribution in [2.75, 3.05) is 13.1 Å². The van der Waals surface area contributed by atoms with Crippen molar-refractivity contribution in [3.8, 4) is 0 Å². The molecule has 4 heteroatoms. The van der Waals surface area contributed by atoms with Gasteiger partial charge in [-0.1, -0.05) is 18.2 Å². The van der Waals surface area contributed by atoms with Gasteiger partial charge in [0.2, 0.25) is 0 Å². The predicted octanol–water partition coefficient (Wildman–Crippen LogP) is 2.51. The van der Waals surface area contributed by atoms with E-state index in [0.29, 0.717) is 0 Å². The molecular weight excluding hydrogens is 274 g/mol. The SMILES string of the molecule is Cc1cc(C(=O)N[C@@H]2CCN(C3CC3)C2)c2ccccc2n1. The first-order chi connectivity index (χ1) is 10.7. The van der Waals surface area contributed by atoms with E-state index < -0.39 is 0 Å². The minimum absolute atomic E-state index is 0.0318. The number of likely N-dealkylation sites (tertiary alicyclic amines) is 1. The Balaban J connectivity index is 1.55. The number of nitrogens with one attached hydrogen (secondary N) is 1. The number of carbonyl (C=O) groups is 1. The Hall–Kier alpha value is -1.94. The van der Waals surface area contributed by atoms with Gasteiger partial charge in [-0.2, -0.15) is 0 Å². The van der Waals surface area contributed by atoms with Gasteiger partial charge < -0.3 is 5.32 Å². The minimum atomic E-state index is 0.0318. The molecule has 2 aliphatic rings. The summed E-state index contributed by atoms with van der Waals surface area (Å²) in [4.78, 5) is 19.7. The van der Waals surface area contributed by atoms with Gasteiger partial charge >= 0.3 is 0 Å². The molecule has 1 saturated heterocycles. The molecule has 114 valence electrons. The largest absolute Gasteiger partial charge is 0.348 e. The summed E-state index contributed by atoms with van der Waals surface area (Å²) in [5.41, 5.74) is 2.52. The van der Waals surface area contributed by atoms with E-state index >= 15 is 0 Å². The zero-order valence-electron chi connectivity index (χ0n) is 12.9. The average molecular weight is 295 g/mol. The summed E-state index contributed by atoms with van der Waals surface area (Å²) >= 11 is 0. The molecule has 1 amide bonds. The number of carbonyl (C=O) groups excluding carboxylic acids is 1. The molecule has 4 rings (SSSR count). The monoisotopic (exact) mass is 295 g/mol. The van der Waals surface area contributed by atoms with Crippen molar-refractivity contribution in [1.29, 1.82) is 0 Å². The summed E-state index contributed by atoms with van der Waals surface area (Å²) < 4.78 is 0. The number of hydrogen-bond acceptors (Lipinski definition) is 3. The topological polar surface area (TPSA) is 45.2 Å². The Kier molecular flexibility index (Phi) is 3.34. The fourth-order valence-electron chi connectivity index (χ4n) is 3.44. The molecule has 0 radical (unpaired) electrons. The molecule has 0 bridgehead atoms. The Morgan fingerprint density at radius 3 is 2.91 bits per heavy atom. The van der Waals surface area contributed by atoms with E-state index in [9.17, 15) is 4.79 Å². The number of hydrogen-bond donors (Lipinski definition) is 1. The second-order valence-corrected chi connectivity index (χ2v) is 6.51. The normalized spacial score (nSPS) is 22.1. The molecule has 0 unspecified atom stereocenters. The highest BCUT2D eigenvalue weighted by Crippen LogP contribution is 2.30. The Labute approximate surface area is 130 Å². The molecule has 2 fully saturated rings. The van der Waals surface area contributed by atoms with Crippen molar-refractivity contribution in [2.24, 2.45) is 0 Å². The van der Waals surface area contributed by atoms with Gasteiger partial charge in [-0.3, -0.25) is 14.7 Å². The first-order valence-corrected chi connectivity index (χ1v) is 8.12. The van der Waals surface area contributed by atoms with Crippen molar-refractivity contribution in [2.45, 2.75) is 38.3 Å². The van der Waals surface area contributed by atoms with Gasteiger partial charge in [-0.05, 0) is 38.3 Å². The summed E-state index contributed by atoms with van der Waals surface area (Å²) in [5, 5.41) is 4.15. The minimum Gasteiger partial charge on any atom is -0.348 e. The maximum Gasteiger partial charge on any atom is 0.252 e. The van der Waals surface area contributed by atoms with E-state index in [-0.39, 0.29) is 11.9 Å². The molecule has 2 heterocycles. The van der Waals surface area contributed by atoms with Gasteiger partial charge in [0.05, 0.1) is 11.1 Å². The van der Waals surface area contributed by atoms with Crippen LogP contribution in [0.3, 0.4) is 0 Å². The first kappa shape index (κ1) is 13.7. The molecule has 1 N–H and O–H groups in total.